The maximum atomic E-state index is 12.9. The highest BCUT2D eigenvalue weighted by molar-refractivity contribution is 7.87. The molecular formula is C8H10F2O7S. The Labute approximate surface area is 101 Å². The predicted octanol–water partition coefficient (Wildman–Crippen LogP) is 0.106. The lowest BCUT2D eigenvalue weighted by Crippen LogP contribution is -2.50. The summed E-state index contributed by atoms with van der Waals surface area (Å²) in [6.07, 6.45) is 0.187. The minimum atomic E-state index is -5.96. The summed E-state index contributed by atoms with van der Waals surface area (Å²) in [7, 11) is -5.96. The smallest absolute Gasteiger partial charge is 0.463 e. The van der Waals surface area contributed by atoms with Crippen LogP contribution in [0.3, 0.4) is 0 Å². The molecule has 0 bridgehead atoms. The molecule has 0 radical (unpaired) electrons. The molecule has 1 rings (SSSR count). The second kappa shape index (κ2) is 4.43. The molecule has 1 aliphatic rings. The monoisotopic (exact) mass is 288 g/mol. The van der Waals surface area contributed by atoms with Crippen LogP contribution in [0, 0.1) is 0 Å². The molecule has 1 aliphatic heterocycles. The van der Waals surface area contributed by atoms with Gasteiger partial charge in [-0.3, -0.25) is 4.55 Å². The van der Waals surface area contributed by atoms with E-state index in [9.17, 15) is 26.8 Å². The molecule has 18 heavy (non-hydrogen) atoms. The number of alkyl halides is 2. The third-order valence-electron chi connectivity index (χ3n) is 2.34. The van der Waals surface area contributed by atoms with Crippen molar-refractivity contribution < 1.29 is 40.8 Å². The van der Waals surface area contributed by atoms with E-state index in [4.69, 9.17) is 4.55 Å². The number of cyclic esters (lactones) is 1. The first-order valence-electron chi connectivity index (χ1n) is 4.76. The van der Waals surface area contributed by atoms with Crippen molar-refractivity contribution in [2.45, 2.75) is 30.6 Å². The van der Waals surface area contributed by atoms with Gasteiger partial charge in [-0.2, -0.15) is 17.2 Å². The zero-order chi connectivity index (χ0) is 14.2. The van der Waals surface area contributed by atoms with Crippen molar-refractivity contribution in [2.24, 2.45) is 0 Å². The summed E-state index contributed by atoms with van der Waals surface area (Å²) in [5.74, 6) is -3.57. The van der Waals surface area contributed by atoms with Crippen LogP contribution >= 0.6 is 0 Å². The highest BCUT2D eigenvalue weighted by Gasteiger charge is 2.57. The summed E-state index contributed by atoms with van der Waals surface area (Å²) in [5, 5.41) is -5.13. The average molecular weight is 288 g/mol. The number of halogens is 2. The molecule has 0 aromatic heterocycles. The van der Waals surface area contributed by atoms with Crippen LogP contribution in [0.1, 0.15) is 19.8 Å². The highest BCUT2D eigenvalue weighted by atomic mass is 32.2. The summed E-state index contributed by atoms with van der Waals surface area (Å²) in [6, 6.07) is 0. The van der Waals surface area contributed by atoms with Crippen LogP contribution in [-0.2, 0) is 29.2 Å². The highest BCUT2D eigenvalue weighted by Crippen LogP contribution is 2.29. The zero-order valence-electron chi connectivity index (χ0n) is 9.18. The van der Waals surface area contributed by atoms with Crippen molar-refractivity contribution >= 4 is 22.1 Å². The van der Waals surface area contributed by atoms with Crippen LogP contribution in [0.5, 0.6) is 0 Å². The van der Waals surface area contributed by atoms with Gasteiger partial charge in [-0.05, 0) is 13.3 Å². The molecule has 7 nitrogen and oxygen atoms in total. The Kier molecular flexibility index (Phi) is 3.63. The van der Waals surface area contributed by atoms with Crippen molar-refractivity contribution in [1.82, 2.24) is 0 Å². The summed E-state index contributed by atoms with van der Waals surface area (Å²) in [5.41, 5.74) is -1.98. The second-order valence-electron chi connectivity index (χ2n) is 3.85. The molecule has 1 fully saturated rings. The summed E-state index contributed by atoms with van der Waals surface area (Å²) in [4.78, 5) is 22.3. The zero-order valence-corrected chi connectivity index (χ0v) is 10.00. The minimum absolute atomic E-state index is 0.0562. The van der Waals surface area contributed by atoms with Crippen molar-refractivity contribution in [3.8, 4) is 0 Å². The van der Waals surface area contributed by atoms with E-state index in [2.05, 4.69) is 9.47 Å². The lowest BCUT2D eigenvalue weighted by Gasteiger charge is -2.31. The van der Waals surface area contributed by atoms with Crippen LogP contribution in [0.15, 0.2) is 0 Å². The molecule has 1 heterocycles. The third-order valence-corrected chi connectivity index (χ3v) is 3.16. The largest absolute Gasteiger partial charge is 0.465 e. The fraction of sp³-hybridized carbons (Fsp3) is 0.750. The predicted molar refractivity (Wildman–Crippen MR) is 51.2 cm³/mol. The Balaban J connectivity index is 2.91. The van der Waals surface area contributed by atoms with Crippen LogP contribution in [0.4, 0.5) is 8.78 Å². The molecule has 1 N–H and O–H groups in total. The molecule has 0 aromatic carbocycles. The lowest BCUT2D eigenvalue weighted by molar-refractivity contribution is -0.196. The summed E-state index contributed by atoms with van der Waals surface area (Å²) >= 11 is 0. The van der Waals surface area contributed by atoms with Gasteiger partial charge in [0, 0.05) is 6.42 Å². The van der Waals surface area contributed by atoms with Crippen LogP contribution in [0.2, 0.25) is 0 Å². The first-order valence-corrected chi connectivity index (χ1v) is 6.20. The van der Waals surface area contributed by atoms with E-state index in [0.29, 0.717) is 0 Å². The fourth-order valence-electron chi connectivity index (χ4n) is 1.29. The Morgan fingerprint density at radius 1 is 1.56 bits per heavy atom. The van der Waals surface area contributed by atoms with Crippen molar-refractivity contribution in [3.05, 3.63) is 0 Å². The molecule has 0 saturated carbocycles. The summed E-state index contributed by atoms with van der Waals surface area (Å²) < 4.78 is 63.3. The molecular weight excluding hydrogens is 278 g/mol. The molecule has 0 aromatic rings. The molecule has 0 aliphatic carbocycles. The molecule has 1 saturated heterocycles. The van der Waals surface area contributed by atoms with Crippen molar-refractivity contribution in [1.29, 1.82) is 0 Å². The van der Waals surface area contributed by atoms with E-state index in [1.165, 1.54) is 0 Å². The van der Waals surface area contributed by atoms with E-state index in [-0.39, 0.29) is 19.4 Å². The van der Waals surface area contributed by atoms with Gasteiger partial charge < -0.3 is 9.47 Å². The lowest BCUT2D eigenvalue weighted by atomic mass is 9.98. The first kappa shape index (κ1) is 14.8. The van der Waals surface area contributed by atoms with Gasteiger partial charge in [0.1, 0.15) is 0 Å². The van der Waals surface area contributed by atoms with Gasteiger partial charge in [0.15, 0.2) is 0 Å². The molecule has 0 spiro atoms. The summed E-state index contributed by atoms with van der Waals surface area (Å²) in [6.45, 7) is 1.08. The standard InChI is InChI=1S/C8H10F2O7S/c1-7(3-2-4-16-5(7)11)17-6(12)8(9,10)18(13,14)15/h2-4H2,1H3,(H,13,14,15). The van der Waals surface area contributed by atoms with Gasteiger partial charge in [-0.1, -0.05) is 0 Å². The Bertz CT molecular complexity index is 472. The minimum Gasteiger partial charge on any atom is -0.463 e. The van der Waals surface area contributed by atoms with E-state index >= 15 is 0 Å². The molecule has 0 amide bonds. The van der Waals surface area contributed by atoms with Gasteiger partial charge in [0.05, 0.1) is 6.61 Å². The van der Waals surface area contributed by atoms with Crippen molar-refractivity contribution in [3.63, 3.8) is 0 Å². The Morgan fingerprint density at radius 2 is 2.11 bits per heavy atom. The third kappa shape index (κ3) is 2.58. The first-order chi connectivity index (χ1) is 8.01. The molecule has 1 unspecified atom stereocenters. The maximum Gasteiger partial charge on any atom is 0.465 e. The Hall–Kier alpha value is -1.29. The number of rotatable bonds is 3. The number of carbonyl (C=O) groups is 2. The van der Waals surface area contributed by atoms with E-state index in [0.717, 1.165) is 6.92 Å². The van der Waals surface area contributed by atoms with E-state index < -0.39 is 32.9 Å². The maximum absolute atomic E-state index is 12.9. The topological polar surface area (TPSA) is 107 Å². The van der Waals surface area contributed by atoms with Crippen molar-refractivity contribution in [2.75, 3.05) is 6.61 Å². The number of hydrogen-bond donors (Lipinski definition) is 1. The fourth-order valence-corrected chi connectivity index (χ4v) is 1.54. The number of ether oxygens (including phenoxy) is 2. The molecule has 1 atom stereocenters. The SMILES string of the molecule is CC1(OC(=O)C(F)(F)S(=O)(=O)O)CCCOC1=O. The average Bonchev–Trinajstić information content (AvgIpc) is 2.21. The molecule has 10 heteroatoms. The van der Waals surface area contributed by atoms with Gasteiger partial charge >= 0.3 is 27.3 Å². The van der Waals surface area contributed by atoms with Gasteiger partial charge in [0.25, 0.3) is 0 Å². The normalized spacial score (nSPS) is 25.4. The Morgan fingerprint density at radius 3 is 2.56 bits per heavy atom. The van der Waals surface area contributed by atoms with Crippen LogP contribution in [0.25, 0.3) is 0 Å². The number of hydrogen-bond acceptors (Lipinski definition) is 6. The quantitative estimate of drug-likeness (QED) is 0.580. The van der Waals surface area contributed by atoms with Crippen LogP contribution < -0.4 is 0 Å². The second-order valence-corrected chi connectivity index (χ2v) is 5.31. The number of carbonyl (C=O) groups excluding carboxylic acids is 2. The number of esters is 2. The van der Waals surface area contributed by atoms with E-state index in [1.54, 1.807) is 0 Å². The van der Waals surface area contributed by atoms with E-state index in [1.807, 2.05) is 0 Å². The molecule has 104 valence electrons. The van der Waals surface area contributed by atoms with Crippen LogP contribution in [-0.4, -0.2) is 42.4 Å². The van der Waals surface area contributed by atoms with Gasteiger partial charge in [-0.15, -0.1) is 0 Å². The van der Waals surface area contributed by atoms with Gasteiger partial charge in [-0.25, -0.2) is 9.59 Å². The van der Waals surface area contributed by atoms with Gasteiger partial charge in [0.2, 0.25) is 5.60 Å².